The number of nitrogens with zero attached hydrogens (tertiary/aromatic N) is 3. The van der Waals surface area contributed by atoms with E-state index >= 15 is 0 Å². The van der Waals surface area contributed by atoms with Crippen molar-refractivity contribution in [2.75, 3.05) is 31.5 Å². The maximum atomic E-state index is 11.1. The van der Waals surface area contributed by atoms with Crippen LogP contribution in [0.15, 0.2) is 48.8 Å². The van der Waals surface area contributed by atoms with Crippen molar-refractivity contribution in [1.29, 1.82) is 0 Å². The summed E-state index contributed by atoms with van der Waals surface area (Å²) < 4.78 is 0. The molecular weight excluding hydrogens is 386 g/mol. The summed E-state index contributed by atoms with van der Waals surface area (Å²) in [7, 11) is 0. The van der Waals surface area contributed by atoms with Gasteiger partial charge in [0.05, 0.1) is 16.9 Å². The number of anilines is 1. The topological polar surface area (TPSA) is 73.9 Å². The molecule has 0 unspecified atom stereocenters. The Morgan fingerprint density at radius 2 is 2.00 bits per heavy atom. The molecule has 158 valence electrons. The Bertz CT molecular complexity index is 1210. The minimum Gasteiger partial charge on any atom is -0.384 e. The van der Waals surface area contributed by atoms with Gasteiger partial charge in [-0.2, -0.15) is 0 Å². The molecule has 0 saturated carbocycles. The van der Waals surface area contributed by atoms with Gasteiger partial charge in [-0.3, -0.25) is 9.78 Å². The molecule has 6 heteroatoms. The van der Waals surface area contributed by atoms with E-state index in [1.807, 2.05) is 24.4 Å². The molecule has 0 spiro atoms. The highest BCUT2D eigenvalue weighted by Crippen LogP contribution is 2.29. The van der Waals surface area contributed by atoms with E-state index in [2.05, 4.69) is 38.4 Å². The molecule has 1 fully saturated rings. The highest BCUT2D eigenvalue weighted by Gasteiger charge is 2.11. The van der Waals surface area contributed by atoms with Gasteiger partial charge in [-0.15, -0.1) is 0 Å². The smallest absolute Gasteiger partial charge is 0.166 e. The van der Waals surface area contributed by atoms with Gasteiger partial charge in [0.1, 0.15) is 0 Å². The van der Waals surface area contributed by atoms with E-state index < -0.39 is 0 Å². The first-order chi connectivity index (χ1) is 15.3. The van der Waals surface area contributed by atoms with Gasteiger partial charge >= 0.3 is 0 Å². The third-order valence-electron chi connectivity index (χ3n) is 6.09. The van der Waals surface area contributed by atoms with Gasteiger partial charge in [0.2, 0.25) is 0 Å². The van der Waals surface area contributed by atoms with Crippen molar-refractivity contribution in [2.45, 2.75) is 25.7 Å². The number of H-pyrrole nitrogens is 1. The first-order valence-corrected chi connectivity index (χ1v) is 11.1. The molecule has 4 heterocycles. The normalized spacial score (nSPS) is 14.8. The van der Waals surface area contributed by atoms with Gasteiger partial charge in [0.15, 0.2) is 6.29 Å². The Morgan fingerprint density at radius 1 is 1.10 bits per heavy atom. The number of hydrogen-bond donors (Lipinski definition) is 2. The number of hydrogen-bond acceptors (Lipinski definition) is 5. The maximum Gasteiger partial charge on any atom is 0.166 e. The van der Waals surface area contributed by atoms with Crippen LogP contribution in [0, 0.1) is 0 Å². The number of nitrogens with one attached hydrogen (secondary N) is 2. The molecule has 0 atom stereocenters. The van der Waals surface area contributed by atoms with Crippen molar-refractivity contribution in [3.8, 4) is 11.3 Å². The molecule has 2 N–H and O–H groups in total. The largest absolute Gasteiger partial charge is 0.384 e. The lowest BCUT2D eigenvalue weighted by atomic mass is 10.1. The second-order valence-electron chi connectivity index (χ2n) is 8.28. The predicted octanol–water partition coefficient (Wildman–Crippen LogP) is 4.88. The summed E-state index contributed by atoms with van der Waals surface area (Å²) in [6.45, 7) is 4.53. The first kappa shape index (κ1) is 19.7. The Kier molecular flexibility index (Phi) is 5.63. The van der Waals surface area contributed by atoms with E-state index in [1.165, 1.54) is 32.4 Å². The van der Waals surface area contributed by atoms with Crippen molar-refractivity contribution < 1.29 is 4.79 Å². The van der Waals surface area contributed by atoms with Crippen LogP contribution in [0.25, 0.3) is 33.1 Å². The molecule has 31 heavy (non-hydrogen) atoms. The SMILES string of the molecule is O=Cc1cc2ccc(-c3cc(NCCCN4CCCCC4)c4cnccc4n3)cc2[nH]1. The number of benzene rings is 1. The predicted molar refractivity (Wildman–Crippen MR) is 126 cm³/mol. The summed E-state index contributed by atoms with van der Waals surface area (Å²) in [5.74, 6) is 0. The van der Waals surface area contributed by atoms with Crippen LogP contribution in [-0.2, 0) is 0 Å². The van der Waals surface area contributed by atoms with Crippen molar-refractivity contribution >= 4 is 33.8 Å². The zero-order valence-electron chi connectivity index (χ0n) is 17.6. The second-order valence-corrected chi connectivity index (χ2v) is 8.28. The van der Waals surface area contributed by atoms with Crippen molar-refractivity contribution in [3.63, 3.8) is 0 Å². The Hall–Kier alpha value is -3.25. The zero-order chi connectivity index (χ0) is 21.0. The molecule has 0 aliphatic carbocycles. The molecule has 1 aromatic carbocycles. The van der Waals surface area contributed by atoms with Crippen LogP contribution < -0.4 is 5.32 Å². The Morgan fingerprint density at radius 3 is 2.87 bits per heavy atom. The van der Waals surface area contributed by atoms with E-state index in [0.29, 0.717) is 5.69 Å². The molecule has 6 nitrogen and oxygen atoms in total. The molecule has 0 amide bonds. The summed E-state index contributed by atoms with van der Waals surface area (Å²) in [5, 5.41) is 5.68. The molecule has 4 aromatic rings. The fourth-order valence-corrected chi connectivity index (χ4v) is 4.44. The number of aldehydes is 1. The van der Waals surface area contributed by atoms with Gasteiger partial charge in [0.25, 0.3) is 0 Å². The van der Waals surface area contributed by atoms with Crippen molar-refractivity contribution in [3.05, 3.63) is 54.5 Å². The number of aromatic amines is 1. The van der Waals surface area contributed by atoms with Crippen LogP contribution in [0.5, 0.6) is 0 Å². The van der Waals surface area contributed by atoms with Crippen LogP contribution in [-0.4, -0.2) is 52.3 Å². The molecule has 0 bridgehead atoms. The van der Waals surface area contributed by atoms with Crippen LogP contribution in [0.2, 0.25) is 0 Å². The fraction of sp³-hybridized carbons (Fsp3) is 0.320. The van der Waals surface area contributed by atoms with Gasteiger partial charge in [-0.1, -0.05) is 18.6 Å². The summed E-state index contributed by atoms with van der Waals surface area (Å²) >= 11 is 0. The van der Waals surface area contributed by atoms with E-state index in [9.17, 15) is 4.79 Å². The van der Waals surface area contributed by atoms with E-state index in [4.69, 9.17) is 4.98 Å². The summed E-state index contributed by atoms with van der Waals surface area (Å²) in [6, 6.07) is 12.1. The van der Waals surface area contributed by atoms with E-state index in [-0.39, 0.29) is 0 Å². The Labute approximate surface area is 181 Å². The number of likely N-dealkylation sites (tertiary alicyclic amines) is 1. The van der Waals surface area contributed by atoms with Crippen molar-refractivity contribution in [1.82, 2.24) is 19.9 Å². The number of pyridine rings is 2. The third kappa shape index (κ3) is 4.30. The number of rotatable bonds is 7. The fourth-order valence-electron chi connectivity index (χ4n) is 4.44. The number of aromatic nitrogens is 3. The summed E-state index contributed by atoms with van der Waals surface area (Å²) in [6.07, 6.45) is 9.65. The lowest BCUT2D eigenvalue weighted by molar-refractivity contribution is 0.112. The molecule has 1 saturated heterocycles. The lowest BCUT2D eigenvalue weighted by Crippen LogP contribution is -2.31. The van der Waals surface area contributed by atoms with Crippen LogP contribution in [0.1, 0.15) is 36.2 Å². The summed E-state index contributed by atoms with van der Waals surface area (Å²) in [5.41, 5.74) is 5.43. The maximum absolute atomic E-state index is 11.1. The zero-order valence-corrected chi connectivity index (χ0v) is 17.6. The van der Waals surface area contributed by atoms with Gasteiger partial charge < -0.3 is 15.2 Å². The molecule has 5 rings (SSSR count). The number of carbonyl (C=O) groups is 1. The minimum atomic E-state index is 0.584. The van der Waals surface area contributed by atoms with E-state index in [0.717, 1.165) is 64.5 Å². The quantitative estimate of drug-likeness (QED) is 0.334. The number of carbonyl (C=O) groups excluding carboxylic acids is 1. The average Bonchev–Trinajstić information content (AvgIpc) is 3.25. The van der Waals surface area contributed by atoms with E-state index in [1.54, 1.807) is 6.20 Å². The lowest BCUT2D eigenvalue weighted by Gasteiger charge is -2.26. The summed E-state index contributed by atoms with van der Waals surface area (Å²) in [4.78, 5) is 26.0. The van der Waals surface area contributed by atoms with Crippen molar-refractivity contribution in [2.24, 2.45) is 0 Å². The highest BCUT2D eigenvalue weighted by atomic mass is 16.1. The first-order valence-electron chi connectivity index (χ1n) is 11.1. The highest BCUT2D eigenvalue weighted by molar-refractivity contribution is 5.95. The van der Waals surface area contributed by atoms with Crippen LogP contribution in [0.3, 0.4) is 0 Å². The standard InChI is InChI=1S/C25H27N5O/c31-17-20-13-18-5-6-19(14-23(18)28-20)24-15-25(21-16-26-9-7-22(21)29-24)27-8-4-12-30-10-2-1-3-11-30/h5-7,9,13-17,28H,1-4,8,10-12H2,(H,27,29). The molecule has 1 aliphatic rings. The second kappa shape index (κ2) is 8.86. The minimum absolute atomic E-state index is 0.584. The Balaban J connectivity index is 1.39. The van der Waals surface area contributed by atoms with Gasteiger partial charge in [-0.25, -0.2) is 4.98 Å². The molecule has 1 aliphatic heterocycles. The number of piperidine rings is 1. The molecule has 3 aromatic heterocycles. The number of fused-ring (bicyclic) bond motifs is 2. The van der Waals surface area contributed by atoms with Gasteiger partial charge in [0, 0.05) is 46.5 Å². The third-order valence-corrected chi connectivity index (χ3v) is 6.09. The molecular formula is C25H27N5O. The average molecular weight is 414 g/mol. The monoisotopic (exact) mass is 413 g/mol. The van der Waals surface area contributed by atoms with Crippen LogP contribution >= 0.6 is 0 Å². The van der Waals surface area contributed by atoms with Crippen LogP contribution in [0.4, 0.5) is 5.69 Å². The molecule has 0 radical (unpaired) electrons. The van der Waals surface area contributed by atoms with Gasteiger partial charge in [-0.05, 0) is 63.2 Å².